The number of rotatable bonds is 2. The van der Waals surface area contributed by atoms with E-state index in [0.29, 0.717) is 32.2 Å². The molecule has 7 heteroatoms. The van der Waals surface area contributed by atoms with Crippen LogP contribution in [0.5, 0.6) is 5.75 Å². The van der Waals surface area contributed by atoms with Crippen molar-refractivity contribution in [3.63, 3.8) is 0 Å². The maximum absolute atomic E-state index is 13.3. The van der Waals surface area contributed by atoms with Gasteiger partial charge in [-0.1, -0.05) is 18.2 Å². The lowest BCUT2D eigenvalue weighted by atomic mass is 9.99. The lowest BCUT2D eigenvalue weighted by molar-refractivity contribution is -0.130. The zero-order valence-corrected chi connectivity index (χ0v) is 17.5. The Kier molecular flexibility index (Phi) is 5.42. The summed E-state index contributed by atoms with van der Waals surface area (Å²) in [5.41, 5.74) is 0.399. The van der Waals surface area contributed by atoms with Gasteiger partial charge in [0, 0.05) is 31.1 Å². The SMILES string of the molecule is CC(C)(C)OC(=O)N1C[C@@H]2CCCN2C[C@H]1C(=O)N[C@@H]1CCOc2ccccc21. The van der Waals surface area contributed by atoms with Crippen molar-refractivity contribution in [3.8, 4) is 5.75 Å². The number of para-hydroxylation sites is 1. The third-order valence-electron chi connectivity index (χ3n) is 5.90. The van der Waals surface area contributed by atoms with Gasteiger partial charge in [0.2, 0.25) is 5.91 Å². The van der Waals surface area contributed by atoms with E-state index in [4.69, 9.17) is 9.47 Å². The third-order valence-corrected chi connectivity index (χ3v) is 5.90. The van der Waals surface area contributed by atoms with Gasteiger partial charge >= 0.3 is 6.09 Å². The summed E-state index contributed by atoms with van der Waals surface area (Å²) in [6, 6.07) is 7.46. The smallest absolute Gasteiger partial charge is 0.411 e. The van der Waals surface area contributed by atoms with E-state index in [0.717, 1.165) is 30.7 Å². The van der Waals surface area contributed by atoms with Gasteiger partial charge in [0.1, 0.15) is 17.4 Å². The highest BCUT2D eigenvalue weighted by molar-refractivity contribution is 5.86. The zero-order valence-electron chi connectivity index (χ0n) is 17.5. The number of carbonyl (C=O) groups is 2. The number of hydrogen-bond acceptors (Lipinski definition) is 5. The second-order valence-corrected chi connectivity index (χ2v) is 9.18. The topological polar surface area (TPSA) is 71.1 Å². The molecule has 3 aliphatic rings. The van der Waals surface area contributed by atoms with Gasteiger partial charge in [-0.15, -0.1) is 0 Å². The van der Waals surface area contributed by atoms with E-state index in [2.05, 4.69) is 10.2 Å². The predicted molar refractivity (Wildman–Crippen MR) is 109 cm³/mol. The van der Waals surface area contributed by atoms with E-state index in [1.165, 1.54) is 0 Å². The summed E-state index contributed by atoms with van der Waals surface area (Å²) in [5, 5.41) is 3.18. The molecule has 3 heterocycles. The monoisotopic (exact) mass is 401 g/mol. The van der Waals surface area contributed by atoms with Crippen molar-refractivity contribution in [1.29, 1.82) is 0 Å². The van der Waals surface area contributed by atoms with Crippen LogP contribution >= 0.6 is 0 Å². The number of ether oxygens (including phenoxy) is 2. The Morgan fingerprint density at radius 1 is 1.17 bits per heavy atom. The van der Waals surface area contributed by atoms with Crippen molar-refractivity contribution >= 4 is 12.0 Å². The Hall–Kier alpha value is -2.28. The van der Waals surface area contributed by atoms with Crippen molar-refractivity contribution in [2.75, 3.05) is 26.2 Å². The van der Waals surface area contributed by atoms with Gasteiger partial charge in [-0.25, -0.2) is 4.79 Å². The molecule has 3 aliphatic heterocycles. The van der Waals surface area contributed by atoms with E-state index < -0.39 is 17.7 Å². The van der Waals surface area contributed by atoms with Crippen LogP contribution in [0.25, 0.3) is 0 Å². The minimum Gasteiger partial charge on any atom is -0.493 e. The maximum Gasteiger partial charge on any atom is 0.411 e. The van der Waals surface area contributed by atoms with Gasteiger partial charge in [0.15, 0.2) is 0 Å². The first kappa shape index (κ1) is 20.0. The Morgan fingerprint density at radius 2 is 1.97 bits per heavy atom. The standard InChI is InChI=1S/C22H31N3O4/c1-22(2,3)29-21(27)25-13-15-7-6-11-24(15)14-18(25)20(26)23-17-10-12-28-19-9-5-4-8-16(17)19/h4-5,8-9,15,17-18H,6-7,10-14H2,1-3H3,(H,23,26)/t15-,17+,18-/m0/s1. The number of hydrogen-bond donors (Lipinski definition) is 1. The Bertz CT molecular complexity index is 776. The fourth-order valence-electron chi connectivity index (χ4n) is 4.52. The van der Waals surface area contributed by atoms with Crippen LogP contribution < -0.4 is 10.1 Å². The average molecular weight is 402 g/mol. The Morgan fingerprint density at radius 3 is 2.76 bits per heavy atom. The molecule has 158 valence electrons. The van der Waals surface area contributed by atoms with Crippen LogP contribution in [-0.2, 0) is 9.53 Å². The molecule has 0 aliphatic carbocycles. The molecule has 0 saturated carbocycles. The molecule has 1 N–H and O–H groups in total. The van der Waals surface area contributed by atoms with Gasteiger partial charge in [-0.3, -0.25) is 14.6 Å². The maximum atomic E-state index is 13.3. The molecule has 2 saturated heterocycles. The van der Waals surface area contributed by atoms with Crippen LogP contribution in [0.2, 0.25) is 0 Å². The van der Waals surface area contributed by atoms with Gasteiger partial charge < -0.3 is 14.8 Å². The summed E-state index contributed by atoms with van der Waals surface area (Å²) in [7, 11) is 0. The molecule has 0 bridgehead atoms. The molecule has 0 spiro atoms. The minimum absolute atomic E-state index is 0.107. The first-order valence-electron chi connectivity index (χ1n) is 10.6. The molecule has 2 amide bonds. The summed E-state index contributed by atoms with van der Waals surface area (Å²) >= 11 is 0. The number of benzene rings is 1. The molecular formula is C22H31N3O4. The number of nitrogens with one attached hydrogen (secondary N) is 1. The molecule has 1 aromatic carbocycles. The normalized spacial score (nSPS) is 26.9. The van der Waals surface area contributed by atoms with Gasteiger partial charge in [-0.2, -0.15) is 0 Å². The Balaban J connectivity index is 1.52. The molecule has 2 fully saturated rings. The first-order valence-corrected chi connectivity index (χ1v) is 10.6. The van der Waals surface area contributed by atoms with Crippen LogP contribution in [0.4, 0.5) is 4.79 Å². The first-order chi connectivity index (χ1) is 13.8. The number of amides is 2. The van der Waals surface area contributed by atoms with E-state index in [9.17, 15) is 9.59 Å². The number of fused-ring (bicyclic) bond motifs is 2. The number of carbonyl (C=O) groups excluding carboxylic acids is 2. The molecule has 1 aromatic rings. The second kappa shape index (κ2) is 7.86. The largest absolute Gasteiger partial charge is 0.493 e. The lowest BCUT2D eigenvalue weighted by Crippen LogP contribution is -2.63. The van der Waals surface area contributed by atoms with Crippen molar-refractivity contribution in [3.05, 3.63) is 29.8 Å². The van der Waals surface area contributed by atoms with Crippen LogP contribution in [-0.4, -0.2) is 65.7 Å². The van der Waals surface area contributed by atoms with Crippen LogP contribution in [0.3, 0.4) is 0 Å². The molecule has 0 unspecified atom stereocenters. The average Bonchev–Trinajstić information content (AvgIpc) is 3.13. The van der Waals surface area contributed by atoms with E-state index in [1.54, 1.807) is 4.90 Å². The van der Waals surface area contributed by atoms with Crippen molar-refractivity contribution in [2.45, 2.75) is 63.8 Å². The van der Waals surface area contributed by atoms with Gasteiger partial charge in [0.25, 0.3) is 0 Å². The molecule has 4 rings (SSSR count). The van der Waals surface area contributed by atoms with Gasteiger partial charge in [-0.05, 0) is 46.2 Å². The summed E-state index contributed by atoms with van der Waals surface area (Å²) in [6.45, 7) is 8.20. The highest BCUT2D eigenvalue weighted by Crippen LogP contribution is 2.32. The Labute approximate surface area is 172 Å². The lowest BCUT2D eigenvalue weighted by Gasteiger charge is -2.43. The second-order valence-electron chi connectivity index (χ2n) is 9.18. The molecular weight excluding hydrogens is 370 g/mol. The number of piperazine rings is 1. The number of nitrogens with zero attached hydrogens (tertiary/aromatic N) is 2. The van der Waals surface area contributed by atoms with Crippen molar-refractivity contribution in [1.82, 2.24) is 15.1 Å². The third kappa shape index (κ3) is 4.34. The quantitative estimate of drug-likeness (QED) is 0.825. The fourth-order valence-corrected chi connectivity index (χ4v) is 4.52. The summed E-state index contributed by atoms with van der Waals surface area (Å²) in [5.74, 6) is 0.694. The van der Waals surface area contributed by atoms with E-state index in [-0.39, 0.29) is 11.9 Å². The summed E-state index contributed by atoms with van der Waals surface area (Å²) in [6.07, 6.45) is 2.47. The highest BCUT2D eigenvalue weighted by atomic mass is 16.6. The molecule has 7 nitrogen and oxygen atoms in total. The summed E-state index contributed by atoms with van der Waals surface area (Å²) in [4.78, 5) is 30.2. The fraction of sp³-hybridized carbons (Fsp3) is 0.636. The zero-order chi connectivity index (χ0) is 20.6. The summed E-state index contributed by atoms with van der Waals surface area (Å²) < 4.78 is 11.3. The van der Waals surface area contributed by atoms with Crippen LogP contribution in [0, 0.1) is 0 Å². The molecule has 3 atom stereocenters. The van der Waals surface area contributed by atoms with Crippen molar-refractivity contribution < 1.29 is 19.1 Å². The van der Waals surface area contributed by atoms with Crippen LogP contribution in [0.15, 0.2) is 24.3 Å². The molecule has 29 heavy (non-hydrogen) atoms. The van der Waals surface area contributed by atoms with Crippen molar-refractivity contribution in [2.24, 2.45) is 0 Å². The molecule has 0 radical (unpaired) electrons. The highest BCUT2D eigenvalue weighted by Gasteiger charge is 2.43. The predicted octanol–water partition coefficient (Wildman–Crippen LogP) is 2.71. The van der Waals surface area contributed by atoms with E-state index >= 15 is 0 Å². The van der Waals surface area contributed by atoms with Crippen LogP contribution in [0.1, 0.15) is 51.6 Å². The molecule has 0 aromatic heterocycles. The minimum atomic E-state index is -0.593. The van der Waals surface area contributed by atoms with E-state index in [1.807, 2.05) is 45.0 Å². The van der Waals surface area contributed by atoms with Gasteiger partial charge in [0.05, 0.1) is 12.6 Å².